The van der Waals surface area contributed by atoms with Crippen LogP contribution in [0.5, 0.6) is 0 Å². The summed E-state index contributed by atoms with van der Waals surface area (Å²) in [6.45, 7) is 2.44. The summed E-state index contributed by atoms with van der Waals surface area (Å²) in [7, 11) is 0. The van der Waals surface area contributed by atoms with E-state index in [9.17, 15) is 5.26 Å². The van der Waals surface area contributed by atoms with Crippen LogP contribution in [0.3, 0.4) is 0 Å². The quantitative estimate of drug-likeness (QED) is 0.583. The van der Waals surface area contributed by atoms with Gasteiger partial charge in [-0.3, -0.25) is 0 Å². The van der Waals surface area contributed by atoms with Gasteiger partial charge in [-0.1, -0.05) is 35.9 Å². The first kappa shape index (κ1) is 14.2. The molecule has 0 aliphatic heterocycles. The highest BCUT2D eigenvalue weighted by Crippen LogP contribution is 2.19. The molecule has 0 unspecified atom stereocenters. The lowest BCUT2D eigenvalue weighted by molar-refractivity contribution is 0.572. The molecule has 0 saturated carbocycles. The molecule has 6 heteroatoms. The van der Waals surface area contributed by atoms with Crippen molar-refractivity contribution in [3.05, 3.63) is 71.5 Å². The van der Waals surface area contributed by atoms with Gasteiger partial charge in [0.15, 0.2) is 0 Å². The van der Waals surface area contributed by atoms with Crippen molar-refractivity contribution in [1.29, 1.82) is 5.26 Å². The summed E-state index contributed by atoms with van der Waals surface area (Å²) in [4.78, 5) is 1.52. The number of pyridine rings is 1. The second-order valence-corrected chi connectivity index (χ2v) is 5.64. The van der Waals surface area contributed by atoms with Crippen LogP contribution in [0.1, 0.15) is 16.7 Å². The van der Waals surface area contributed by atoms with Gasteiger partial charge < -0.3 is 4.40 Å². The Morgan fingerprint density at radius 1 is 1.12 bits per heavy atom. The smallest absolute Gasteiger partial charge is 0.204 e. The van der Waals surface area contributed by atoms with Crippen molar-refractivity contribution in [1.82, 2.24) is 24.6 Å². The first-order chi connectivity index (χ1) is 11.7. The minimum Gasteiger partial charge on any atom is -0.322 e. The van der Waals surface area contributed by atoms with Gasteiger partial charge in [-0.15, -0.1) is 10.2 Å². The average Bonchev–Trinajstić information content (AvgIpc) is 3.20. The van der Waals surface area contributed by atoms with Gasteiger partial charge in [0.2, 0.25) is 5.82 Å². The maximum atomic E-state index is 9.46. The van der Waals surface area contributed by atoms with Crippen LogP contribution in [0.25, 0.3) is 16.9 Å². The van der Waals surface area contributed by atoms with E-state index in [0.717, 1.165) is 16.6 Å². The fraction of sp³-hybridized carbons (Fsp3) is 0.111. The number of hydrogen-bond donors (Lipinski definition) is 0. The summed E-state index contributed by atoms with van der Waals surface area (Å²) in [5.74, 6) is 0.581. The third-order valence-electron chi connectivity index (χ3n) is 3.95. The maximum absolute atomic E-state index is 9.46. The van der Waals surface area contributed by atoms with Crippen molar-refractivity contribution in [2.24, 2.45) is 0 Å². The molecule has 4 aromatic rings. The van der Waals surface area contributed by atoms with Crippen molar-refractivity contribution in [3.63, 3.8) is 0 Å². The first-order valence-corrected chi connectivity index (χ1v) is 7.58. The number of benzene rings is 1. The lowest BCUT2D eigenvalue weighted by Gasteiger charge is -1.97. The minimum absolute atomic E-state index is 0.406. The third kappa shape index (κ3) is 2.42. The van der Waals surface area contributed by atoms with E-state index in [1.165, 1.54) is 10.4 Å². The van der Waals surface area contributed by atoms with Gasteiger partial charge in [-0.2, -0.15) is 10.1 Å². The molecule has 0 N–H and O–H groups in total. The Hall–Kier alpha value is -3.46. The van der Waals surface area contributed by atoms with Crippen LogP contribution < -0.4 is 0 Å². The lowest BCUT2D eigenvalue weighted by atomic mass is 10.1. The number of hydrogen-bond acceptors (Lipinski definition) is 4. The molecule has 116 valence electrons. The first-order valence-electron chi connectivity index (χ1n) is 7.58. The van der Waals surface area contributed by atoms with Crippen molar-refractivity contribution >= 4 is 5.52 Å². The summed E-state index contributed by atoms with van der Waals surface area (Å²) < 4.78 is 1.94. The second kappa shape index (κ2) is 5.63. The normalized spacial score (nSPS) is 10.8. The van der Waals surface area contributed by atoms with E-state index in [4.69, 9.17) is 0 Å². The number of nitrogens with zero attached hydrogens (tertiary/aromatic N) is 6. The van der Waals surface area contributed by atoms with Crippen LogP contribution in [0.4, 0.5) is 0 Å². The van der Waals surface area contributed by atoms with Crippen molar-refractivity contribution in [3.8, 4) is 17.5 Å². The van der Waals surface area contributed by atoms with Gasteiger partial charge in [-0.05, 0) is 24.3 Å². The molecule has 0 aliphatic carbocycles. The topological polar surface area (TPSA) is 71.8 Å². The molecule has 0 aliphatic rings. The number of fused-ring (bicyclic) bond motifs is 1. The van der Waals surface area contributed by atoms with Crippen LogP contribution in [0, 0.1) is 18.3 Å². The standard InChI is InChI=1S/C18H14N6/c1-13-5-7-14(8-6-13)18-20-22-24(21-18)12-15-11-23-9-3-2-4-17(23)16(15)10-19/h2-9,11H,12H2,1H3. The van der Waals surface area contributed by atoms with E-state index in [2.05, 4.69) is 21.5 Å². The van der Waals surface area contributed by atoms with Crippen molar-refractivity contribution in [2.45, 2.75) is 13.5 Å². The highest BCUT2D eigenvalue weighted by Gasteiger charge is 2.12. The van der Waals surface area contributed by atoms with E-state index in [1.54, 1.807) is 0 Å². The molecule has 0 radical (unpaired) electrons. The number of aromatic nitrogens is 5. The predicted octanol–water partition coefficient (Wildman–Crippen LogP) is 2.82. The summed E-state index contributed by atoms with van der Waals surface area (Å²) in [5, 5.41) is 22.1. The molecule has 24 heavy (non-hydrogen) atoms. The SMILES string of the molecule is Cc1ccc(-c2nnn(Cc3cn4ccccc4c3C#N)n2)cc1. The summed E-state index contributed by atoms with van der Waals surface area (Å²) >= 11 is 0. The van der Waals surface area contributed by atoms with Crippen LogP contribution in [0.15, 0.2) is 54.9 Å². The monoisotopic (exact) mass is 314 g/mol. The molecule has 0 bridgehead atoms. The van der Waals surface area contributed by atoms with Crippen LogP contribution in [-0.4, -0.2) is 24.6 Å². The largest absolute Gasteiger partial charge is 0.322 e. The minimum atomic E-state index is 0.406. The van der Waals surface area contributed by atoms with Crippen molar-refractivity contribution in [2.75, 3.05) is 0 Å². The van der Waals surface area contributed by atoms with E-state index < -0.39 is 0 Å². The van der Waals surface area contributed by atoms with E-state index in [1.807, 2.05) is 66.2 Å². The Bertz CT molecular complexity index is 1050. The number of rotatable bonds is 3. The van der Waals surface area contributed by atoms with Crippen LogP contribution in [0.2, 0.25) is 0 Å². The number of aryl methyl sites for hydroxylation is 1. The van der Waals surface area contributed by atoms with Gasteiger partial charge in [0.25, 0.3) is 0 Å². The Balaban J connectivity index is 1.67. The van der Waals surface area contributed by atoms with Crippen LogP contribution in [-0.2, 0) is 6.54 Å². The van der Waals surface area contributed by atoms with Gasteiger partial charge in [0.1, 0.15) is 6.07 Å². The van der Waals surface area contributed by atoms with Gasteiger partial charge in [-0.25, -0.2) is 0 Å². The molecule has 1 aromatic carbocycles. The number of tetrazole rings is 1. The van der Waals surface area contributed by atoms with E-state index in [-0.39, 0.29) is 0 Å². The highest BCUT2D eigenvalue weighted by molar-refractivity contribution is 5.65. The molecular weight excluding hydrogens is 300 g/mol. The lowest BCUT2D eigenvalue weighted by Crippen LogP contribution is -2.04. The fourth-order valence-corrected chi connectivity index (χ4v) is 2.71. The Labute approximate surface area is 138 Å². The second-order valence-electron chi connectivity index (χ2n) is 5.64. The molecule has 6 nitrogen and oxygen atoms in total. The molecule has 4 rings (SSSR count). The summed E-state index contributed by atoms with van der Waals surface area (Å²) in [6, 6.07) is 16.0. The van der Waals surface area contributed by atoms with Gasteiger partial charge in [0.05, 0.1) is 17.6 Å². The average molecular weight is 314 g/mol. The zero-order valence-corrected chi connectivity index (χ0v) is 13.1. The molecular formula is C18H14N6. The molecule has 0 amide bonds. The summed E-state index contributed by atoms with van der Waals surface area (Å²) in [5.41, 5.74) is 4.51. The number of nitriles is 1. The molecule has 3 aromatic heterocycles. The molecule has 3 heterocycles. The van der Waals surface area contributed by atoms with Gasteiger partial charge in [0, 0.05) is 23.5 Å². The fourth-order valence-electron chi connectivity index (χ4n) is 2.71. The molecule has 0 spiro atoms. The molecule has 0 saturated heterocycles. The van der Waals surface area contributed by atoms with Crippen LogP contribution >= 0.6 is 0 Å². The molecule has 0 fully saturated rings. The summed E-state index contributed by atoms with van der Waals surface area (Å²) in [6.07, 6.45) is 3.86. The predicted molar refractivity (Wildman–Crippen MR) is 89.2 cm³/mol. The zero-order chi connectivity index (χ0) is 16.5. The van der Waals surface area contributed by atoms with Crippen molar-refractivity contribution < 1.29 is 0 Å². The Morgan fingerprint density at radius 2 is 1.96 bits per heavy atom. The highest BCUT2D eigenvalue weighted by atomic mass is 15.6. The van der Waals surface area contributed by atoms with Gasteiger partial charge >= 0.3 is 0 Å². The van der Waals surface area contributed by atoms with E-state index >= 15 is 0 Å². The Morgan fingerprint density at radius 3 is 2.75 bits per heavy atom. The zero-order valence-electron chi connectivity index (χ0n) is 13.1. The van der Waals surface area contributed by atoms with E-state index in [0.29, 0.717) is 17.9 Å². The Kier molecular flexibility index (Phi) is 3.32. The maximum Gasteiger partial charge on any atom is 0.204 e. The molecule has 0 atom stereocenters. The third-order valence-corrected chi connectivity index (χ3v) is 3.95.